The zero-order valence-electron chi connectivity index (χ0n) is 9.95. The van der Waals surface area contributed by atoms with E-state index in [0.717, 1.165) is 0 Å². The van der Waals surface area contributed by atoms with Crippen LogP contribution in [-0.2, 0) is 7.45 Å². The first kappa shape index (κ1) is 13.1. The van der Waals surface area contributed by atoms with Crippen LogP contribution in [0, 0.1) is 0 Å². The van der Waals surface area contributed by atoms with E-state index in [2.05, 4.69) is 0 Å². The predicted octanol–water partition coefficient (Wildman–Crippen LogP) is 3.60. The van der Waals surface area contributed by atoms with Gasteiger partial charge in [-0.2, -0.15) is 0 Å². The molecule has 2 fully saturated rings. The normalized spacial score (nSPS) is 25.1. The average molecular weight is 306 g/mol. The van der Waals surface area contributed by atoms with Crippen LogP contribution in [0.15, 0.2) is 0 Å². The van der Waals surface area contributed by atoms with Crippen LogP contribution in [0.1, 0.15) is 64.2 Å². The van der Waals surface area contributed by atoms with Crippen molar-refractivity contribution in [3.8, 4) is 0 Å². The predicted molar refractivity (Wildman–Crippen MR) is 70.7 cm³/mol. The summed E-state index contributed by atoms with van der Waals surface area (Å²) in [6.45, 7) is 0. The first-order valence-corrected chi connectivity index (χ1v) is 11.4. The third-order valence-corrected chi connectivity index (χ3v) is 6.84. The van der Waals surface area contributed by atoms with Gasteiger partial charge in [-0.05, 0) is 0 Å². The minimum atomic E-state index is -2.04. The molecule has 0 amide bonds. The second-order valence-corrected chi connectivity index (χ2v) is 8.78. The molecule has 0 aliphatic heterocycles. The van der Waals surface area contributed by atoms with Crippen LogP contribution in [-0.4, -0.2) is 25.9 Å². The summed E-state index contributed by atoms with van der Waals surface area (Å²) in [5.41, 5.74) is 0. The topological polar surface area (TPSA) is 18.5 Å². The summed E-state index contributed by atoms with van der Waals surface area (Å²) in [6.07, 6.45) is 13.7. The number of hydrogen-bond acceptors (Lipinski definition) is 3. The van der Waals surface area contributed by atoms with Gasteiger partial charge in [-0.3, -0.25) is 0 Å². The Morgan fingerprint density at radius 3 is 1.44 bits per heavy atom. The molecule has 0 saturated heterocycles. The molecule has 0 aromatic carbocycles. The molecule has 0 atom stereocenters. The van der Waals surface area contributed by atoms with Gasteiger partial charge in [0.2, 0.25) is 0 Å². The Balaban J connectivity index is 1.66. The van der Waals surface area contributed by atoms with E-state index in [1.54, 1.807) is 0 Å². The van der Waals surface area contributed by atoms with Crippen molar-refractivity contribution in [1.29, 1.82) is 0 Å². The van der Waals surface area contributed by atoms with Gasteiger partial charge in [-0.25, -0.2) is 0 Å². The molecule has 0 N–H and O–H groups in total. The number of hydrogen-bond donors (Lipinski definition) is 0. The van der Waals surface area contributed by atoms with Gasteiger partial charge < -0.3 is 0 Å². The third-order valence-electron chi connectivity index (χ3n) is 3.63. The molecule has 0 spiro atoms. The van der Waals surface area contributed by atoms with Crippen LogP contribution < -0.4 is 0 Å². The summed E-state index contributed by atoms with van der Waals surface area (Å²) in [6, 6.07) is 0. The van der Waals surface area contributed by atoms with E-state index in [9.17, 15) is 0 Å². The van der Waals surface area contributed by atoms with Gasteiger partial charge in [-0.15, -0.1) is 0 Å². The first-order valence-electron chi connectivity index (χ1n) is 6.72. The molecule has 2 rings (SSSR count). The van der Waals surface area contributed by atoms with Gasteiger partial charge in [-0.1, -0.05) is 0 Å². The molecule has 94 valence electrons. The fraction of sp³-hybridized carbons (Fsp3) is 1.00. The molecule has 2 aliphatic rings. The summed E-state index contributed by atoms with van der Waals surface area (Å²) < 4.78 is 11.9. The minimum absolute atomic E-state index is 0.435. The van der Waals surface area contributed by atoms with Crippen molar-refractivity contribution in [2.75, 3.05) is 0 Å². The van der Waals surface area contributed by atoms with Crippen molar-refractivity contribution >= 4 is 24.1 Å². The molecular formula is C12H23AsO2S. The van der Waals surface area contributed by atoms with Gasteiger partial charge in [0.1, 0.15) is 0 Å². The Morgan fingerprint density at radius 1 is 0.688 bits per heavy atom. The first-order chi connectivity index (χ1) is 7.84. The van der Waals surface area contributed by atoms with Crippen molar-refractivity contribution in [2.45, 2.75) is 76.4 Å². The average Bonchev–Trinajstić information content (AvgIpc) is 2.31. The summed E-state index contributed by atoms with van der Waals surface area (Å²) in [5, 5.41) is 0. The van der Waals surface area contributed by atoms with Crippen LogP contribution in [0.25, 0.3) is 0 Å². The quantitative estimate of drug-likeness (QED) is 0.739. The van der Waals surface area contributed by atoms with Crippen LogP contribution in [0.4, 0.5) is 0 Å². The molecule has 0 aromatic heterocycles. The Hall–Kier alpha value is 0.698. The maximum absolute atomic E-state index is 5.95. The number of rotatable bonds is 4. The van der Waals surface area contributed by atoms with E-state index in [1.165, 1.54) is 64.2 Å². The van der Waals surface area contributed by atoms with Gasteiger partial charge in [0.25, 0.3) is 0 Å². The molecule has 16 heavy (non-hydrogen) atoms. The van der Waals surface area contributed by atoms with E-state index in [1.807, 2.05) is 0 Å². The van der Waals surface area contributed by atoms with Gasteiger partial charge in [0, 0.05) is 0 Å². The Morgan fingerprint density at radius 2 is 1.06 bits per heavy atom. The molecule has 2 nitrogen and oxygen atoms in total. The standard InChI is InChI=1S/C12H23AsO2S/c16-13(14-11-7-3-1-4-8-11)15-12-9-5-2-6-10-12/h11-13H,1-10H2. The van der Waals surface area contributed by atoms with E-state index in [4.69, 9.17) is 17.8 Å². The monoisotopic (exact) mass is 306 g/mol. The molecule has 0 radical (unpaired) electrons. The fourth-order valence-corrected chi connectivity index (χ4v) is 6.33. The van der Waals surface area contributed by atoms with Crippen molar-refractivity contribution in [1.82, 2.24) is 0 Å². The summed E-state index contributed by atoms with van der Waals surface area (Å²) in [7, 11) is 5.42. The van der Waals surface area contributed by atoms with E-state index < -0.39 is 13.7 Å². The zero-order valence-corrected chi connectivity index (χ0v) is 12.9. The molecule has 4 heteroatoms. The molecule has 0 aromatic rings. The van der Waals surface area contributed by atoms with Crippen molar-refractivity contribution in [3.05, 3.63) is 0 Å². The van der Waals surface area contributed by atoms with Gasteiger partial charge in [0.15, 0.2) is 0 Å². The Labute approximate surface area is 108 Å². The van der Waals surface area contributed by atoms with Crippen LogP contribution >= 0.6 is 10.4 Å². The van der Waals surface area contributed by atoms with Crippen molar-refractivity contribution in [3.63, 3.8) is 0 Å². The van der Waals surface area contributed by atoms with Crippen molar-refractivity contribution < 1.29 is 7.45 Å². The molecule has 0 unspecified atom stereocenters. The summed E-state index contributed by atoms with van der Waals surface area (Å²) in [5.74, 6) is 0. The second-order valence-electron chi connectivity index (χ2n) is 5.01. The van der Waals surface area contributed by atoms with Crippen LogP contribution in [0.5, 0.6) is 0 Å². The molecule has 0 bridgehead atoms. The summed E-state index contributed by atoms with van der Waals surface area (Å²) >= 11 is -2.04. The molecule has 2 saturated carbocycles. The third kappa shape index (κ3) is 4.52. The molecule has 2 aliphatic carbocycles. The Bertz CT molecular complexity index is 201. The van der Waals surface area contributed by atoms with Crippen molar-refractivity contribution in [2.24, 2.45) is 0 Å². The summed E-state index contributed by atoms with van der Waals surface area (Å²) in [4.78, 5) is 0. The van der Waals surface area contributed by atoms with Crippen LogP contribution in [0.2, 0.25) is 0 Å². The second kappa shape index (κ2) is 7.20. The van der Waals surface area contributed by atoms with E-state index in [-0.39, 0.29) is 0 Å². The van der Waals surface area contributed by atoms with Gasteiger partial charge in [0.05, 0.1) is 0 Å². The van der Waals surface area contributed by atoms with Crippen LogP contribution in [0.3, 0.4) is 0 Å². The molecule has 0 heterocycles. The zero-order chi connectivity index (χ0) is 11.2. The molecular weight excluding hydrogens is 283 g/mol. The van der Waals surface area contributed by atoms with E-state index in [0.29, 0.717) is 12.2 Å². The van der Waals surface area contributed by atoms with E-state index >= 15 is 0 Å². The van der Waals surface area contributed by atoms with Gasteiger partial charge >= 0.3 is 108 Å². The fourth-order valence-electron chi connectivity index (χ4n) is 2.67. The SMILES string of the molecule is S=[AsH](OC1CCCCC1)OC1CCCCC1. The maximum atomic E-state index is 5.95. The Kier molecular flexibility index (Phi) is 5.91.